The number of aliphatic imine (C=N–C) groups is 1. The van der Waals surface area contributed by atoms with E-state index in [4.69, 9.17) is 5.73 Å². The van der Waals surface area contributed by atoms with Gasteiger partial charge in [0.2, 0.25) is 10.0 Å². The molecule has 1 fully saturated rings. The molecule has 0 spiro atoms. The molecular weight excluding hydrogens is 300 g/mol. The first kappa shape index (κ1) is 16.8. The minimum Gasteiger partial charge on any atom is -0.370 e. The zero-order chi connectivity index (χ0) is 16.0. The molecule has 2 rings (SSSR count). The summed E-state index contributed by atoms with van der Waals surface area (Å²) in [6.45, 7) is 3.44. The Labute approximate surface area is 132 Å². The van der Waals surface area contributed by atoms with Gasteiger partial charge >= 0.3 is 0 Å². The van der Waals surface area contributed by atoms with Crippen LogP contribution in [0.4, 0.5) is 0 Å². The predicted molar refractivity (Wildman–Crippen MR) is 88.0 cm³/mol. The van der Waals surface area contributed by atoms with E-state index in [9.17, 15) is 8.42 Å². The zero-order valence-corrected chi connectivity index (χ0v) is 13.7. The van der Waals surface area contributed by atoms with Crippen molar-refractivity contribution >= 4 is 16.0 Å². The smallest absolute Gasteiger partial charge is 0.240 e. The third-order valence-corrected chi connectivity index (χ3v) is 5.36. The largest absolute Gasteiger partial charge is 0.370 e. The van der Waals surface area contributed by atoms with Crippen molar-refractivity contribution in [2.75, 3.05) is 13.1 Å². The van der Waals surface area contributed by atoms with Gasteiger partial charge in [0.25, 0.3) is 0 Å². The van der Waals surface area contributed by atoms with Gasteiger partial charge < -0.3 is 11.1 Å². The standard InChI is InChI=1S/C15H24N4O2S/c1-2-19-22(20,21)14-8-6-13(7-9-14)11-18-15(16)17-10-12-4-3-5-12/h6-9,12,19H,2-5,10-11H2,1H3,(H3,16,17,18). The molecule has 0 aromatic heterocycles. The van der Waals surface area contributed by atoms with Crippen molar-refractivity contribution in [2.45, 2.75) is 37.6 Å². The van der Waals surface area contributed by atoms with E-state index in [2.05, 4.69) is 15.0 Å². The monoisotopic (exact) mass is 324 g/mol. The molecule has 0 aliphatic heterocycles. The van der Waals surface area contributed by atoms with Gasteiger partial charge in [0.1, 0.15) is 0 Å². The van der Waals surface area contributed by atoms with Gasteiger partial charge in [-0.1, -0.05) is 25.5 Å². The van der Waals surface area contributed by atoms with Gasteiger partial charge in [0.05, 0.1) is 11.4 Å². The van der Waals surface area contributed by atoms with Gasteiger partial charge in [-0.2, -0.15) is 0 Å². The summed E-state index contributed by atoms with van der Waals surface area (Å²) in [4.78, 5) is 4.53. The SMILES string of the molecule is CCNS(=O)(=O)c1ccc(CN=C(N)NCC2CCC2)cc1. The van der Waals surface area contributed by atoms with E-state index in [0.717, 1.165) is 18.0 Å². The average molecular weight is 324 g/mol. The summed E-state index contributed by atoms with van der Waals surface area (Å²) in [7, 11) is -3.40. The Morgan fingerprint density at radius 2 is 2.00 bits per heavy atom. The second kappa shape index (κ2) is 7.60. The number of nitrogens with one attached hydrogen (secondary N) is 2. The molecule has 1 aliphatic carbocycles. The van der Waals surface area contributed by atoms with Crippen LogP contribution in [0.2, 0.25) is 0 Å². The highest BCUT2D eigenvalue weighted by atomic mass is 32.2. The molecular formula is C15H24N4O2S. The van der Waals surface area contributed by atoms with Crippen LogP contribution in [0, 0.1) is 5.92 Å². The molecule has 0 bridgehead atoms. The molecule has 0 amide bonds. The molecule has 0 saturated heterocycles. The molecule has 0 unspecified atom stereocenters. The van der Waals surface area contributed by atoms with Gasteiger partial charge in [-0.05, 0) is 36.5 Å². The lowest BCUT2D eigenvalue weighted by Gasteiger charge is -2.25. The number of nitrogens with two attached hydrogens (primary N) is 1. The quantitative estimate of drug-likeness (QED) is 0.518. The first-order valence-corrected chi connectivity index (χ1v) is 9.12. The molecule has 1 saturated carbocycles. The van der Waals surface area contributed by atoms with Gasteiger partial charge in [0.15, 0.2) is 5.96 Å². The average Bonchev–Trinajstić information content (AvgIpc) is 2.44. The van der Waals surface area contributed by atoms with E-state index in [1.807, 2.05) is 0 Å². The van der Waals surface area contributed by atoms with Crippen LogP contribution >= 0.6 is 0 Å². The number of guanidine groups is 1. The Bertz CT molecular complexity index is 607. The molecule has 4 N–H and O–H groups in total. The van der Waals surface area contributed by atoms with E-state index in [1.165, 1.54) is 19.3 Å². The summed E-state index contributed by atoms with van der Waals surface area (Å²) in [6, 6.07) is 6.68. The summed E-state index contributed by atoms with van der Waals surface area (Å²) in [5, 5.41) is 3.13. The Balaban J connectivity index is 1.87. The van der Waals surface area contributed by atoms with Gasteiger partial charge in [0, 0.05) is 13.1 Å². The number of sulfonamides is 1. The summed E-state index contributed by atoms with van der Waals surface area (Å²) < 4.78 is 26.1. The van der Waals surface area contributed by atoms with E-state index in [1.54, 1.807) is 31.2 Å². The van der Waals surface area contributed by atoms with Crippen LogP contribution in [0.15, 0.2) is 34.2 Å². The first-order chi connectivity index (χ1) is 10.5. The highest BCUT2D eigenvalue weighted by Crippen LogP contribution is 2.24. The van der Waals surface area contributed by atoms with E-state index < -0.39 is 10.0 Å². The number of rotatable bonds is 7. The molecule has 0 atom stereocenters. The fourth-order valence-electron chi connectivity index (χ4n) is 2.23. The molecule has 1 aromatic carbocycles. The molecule has 0 heterocycles. The molecule has 22 heavy (non-hydrogen) atoms. The Hall–Kier alpha value is -1.60. The fraction of sp³-hybridized carbons (Fsp3) is 0.533. The summed E-state index contributed by atoms with van der Waals surface area (Å²) in [5.74, 6) is 1.17. The molecule has 1 aromatic rings. The second-order valence-corrected chi connectivity index (χ2v) is 7.29. The maximum absolute atomic E-state index is 11.8. The predicted octanol–water partition coefficient (Wildman–Crippen LogP) is 1.19. The van der Waals surface area contributed by atoms with Crippen LogP contribution in [0.1, 0.15) is 31.7 Å². The lowest BCUT2D eigenvalue weighted by Crippen LogP contribution is -2.37. The van der Waals surface area contributed by atoms with Crippen LogP contribution in [0.3, 0.4) is 0 Å². The highest BCUT2D eigenvalue weighted by molar-refractivity contribution is 7.89. The minimum absolute atomic E-state index is 0.262. The van der Waals surface area contributed by atoms with Crippen LogP contribution in [-0.4, -0.2) is 27.5 Å². The highest BCUT2D eigenvalue weighted by Gasteiger charge is 2.16. The number of nitrogens with zero attached hydrogens (tertiary/aromatic N) is 1. The zero-order valence-electron chi connectivity index (χ0n) is 12.9. The van der Waals surface area contributed by atoms with Crippen molar-refractivity contribution in [2.24, 2.45) is 16.6 Å². The topological polar surface area (TPSA) is 96.6 Å². The third-order valence-electron chi connectivity index (χ3n) is 3.80. The Morgan fingerprint density at radius 1 is 1.32 bits per heavy atom. The molecule has 6 nitrogen and oxygen atoms in total. The van der Waals surface area contributed by atoms with E-state index in [0.29, 0.717) is 19.0 Å². The van der Waals surface area contributed by atoms with Crippen LogP contribution in [-0.2, 0) is 16.6 Å². The normalized spacial score (nSPS) is 16.3. The second-order valence-electron chi connectivity index (χ2n) is 5.52. The Kier molecular flexibility index (Phi) is 5.79. The Morgan fingerprint density at radius 3 is 2.55 bits per heavy atom. The van der Waals surface area contributed by atoms with Crippen molar-refractivity contribution in [1.82, 2.24) is 10.0 Å². The third kappa shape index (κ3) is 4.71. The summed E-state index contributed by atoms with van der Waals surface area (Å²) in [6.07, 6.45) is 3.84. The lowest BCUT2D eigenvalue weighted by atomic mass is 9.85. The summed E-state index contributed by atoms with van der Waals surface area (Å²) >= 11 is 0. The van der Waals surface area contributed by atoms with Crippen LogP contribution < -0.4 is 15.8 Å². The maximum Gasteiger partial charge on any atom is 0.240 e. The van der Waals surface area contributed by atoms with Crippen molar-refractivity contribution in [3.8, 4) is 0 Å². The molecule has 1 aliphatic rings. The van der Waals surface area contributed by atoms with Crippen molar-refractivity contribution in [3.05, 3.63) is 29.8 Å². The number of hydrogen-bond donors (Lipinski definition) is 3. The van der Waals surface area contributed by atoms with Gasteiger partial charge in [-0.15, -0.1) is 0 Å². The van der Waals surface area contributed by atoms with Crippen molar-refractivity contribution in [1.29, 1.82) is 0 Å². The lowest BCUT2D eigenvalue weighted by molar-refractivity contribution is 0.315. The number of hydrogen-bond acceptors (Lipinski definition) is 3. The van der Waals surface area contributed by atoms with Crippen molar-refractivity contribution in [3.63, 3.8) is 0 Å². The van der Waals surface area contributed by atoms with E-state index in [-0.39, 0.29) is 4.90 Å². The first-order valence-electron chi connectivity index (χ1n) is 7.63. The van der Waals surface area contributed by atoms with E-state index >= 15 is 0 Å². The molecule has 7 heteroatoms. The van der Waals surface area contributed by atoms with Crippen LogP contribution in [0.5, 0.6) is 0 Å². The van der Waals surface area contributed by atoms with Gasteiger partial charge in [-0.25, -0.2) is 18.1 Å². The molecule has 0 radical (unpaired) electrons. The van der Waals surface area contributed by atoms with Crippen molar-refractivity contribution < 1.29 is 8.42 Å². The molecule has 122 valence electrons. The van der Waals surface area contributed by atoms with Crippen LogP contribution in [0.25, 0.3) is 0 Å². The fourth-order valence-corrected chi connectivity index (χ4v) is 3.27. The number of benzene rings is 1. The maximum atomic E-state index is 11.8. The minimum atomic E-state index is -3.40. The van der Waals surface area contributed by atoms with Gasteiger partial charge in [-0.3, -0.25) is 0 Å². The summed E-state index contributed by atoms with van der Waals surface area (Å²) in [5.41, 5.74) is 6.74.